The monoisotopic (exact) mass is 236 g/mol. The Kier molecular flexibility index (Phi) is 3.24. The van der Waals surface area contributed by atoms with Crippen LogP contribution >= 0.6 is 0 Å². The summed E-state index contributed by atoms with van der Waals surface area (Å²) < 4.78 is 0. The SMILES string of the molecule is CC1(C)C(O)CCN1C(=O)CCc1cc[nH]c1. The fraction of sp³-hybridized carbons (Fsp3) is 0.615. The number of likely N-dealkylation sites (tertiary alicyclic amines) is 1. The topological polar surface area (TPSA) is 56.3 Å². The molecule has 0 radical (unpaired) electrons. The second-order valence-corrected chi connectivity index (χ2v) is 5.22. The van der Waals surface area contributed by atoms with E-state index in [1.54, 1.807) is 0 Å². The van der Waals surface area contributed by atoms with E-state index in [-0.39, 0.29) is 5.91 Å². The van der Waals surface area contributed by atoms with Crippen LogP contribution in [0.2, 0.25) is 0 Å². The zero-order chi connectivity index (χ0) is 12.5. The molecule has 1 unspecified atom stereocenters. The van der Waals surface area contributed by atoms with Crippen molar-refractivity contribution in [2.75, 3.05) is 6.54 Å². The number of aromatic amines is 1. The molecular weight excluding hydrogens is 216 g/mol. The van der Waals surface area contributed by atoms with E-state index < -0.39 is 11.6 Å². The van der Waals surface area contributed by atoms with Crippen LogP contribution in [0.25, 0.3) is 0 Å². The molecule has 94 valence electrons. The van der Waals surface area contributed by atoms with Crippen LogP contribution < -0.4 is 0 Å². The van der Waals surface area contributed by atoms with E-state index in [0.29, 0.717) is 19.4 Å². The van der Waals surface area contributed by atoms with Crippen LogP contribution in [-0.2, 0) is 11.2 Å². The summed E-state index contributed by atoms with van der Waals surface area (Å²) in [5, 5.41) is 9.83. The van der Waals surface area contributed by atoms with E-state index in [1.807, 2.05) is 37.2 Å². The highest BCUT2D eigenvalue weighted by Gasteiger charge is 2.42. The first kappa shape index (κ1) is 12.2. The number of aliphatic hydroxyl groups is 1. The number of rotatable bonds is 3. The van der Waals surface area contributed by atoms with Gasteiger partial charge in [-0.3, -0.25) is 4.79 Å². The molecule has 1 saturated heterocycles. The number of amides is 1. The predicted molar refractivity (Wildman–Crippen MR) is 65.5 cm³/mol. The van der Waals surface area contributed by atoms with Crippen LogP contribution in [-0.4, -0.2) is 39.1 Å². The van der Waals surface area contributed by atoms with E-state index in [1.165, 1.54) is 0 Å². The number of aryl methyl sites for hydroxylation is 1. The molecule has 1 atom stereocenters. The Morgan fingerprint density at radius 3 is 2.94 bits per heavy atom. The molecule has 0 aromatic carbocycles. The molecule has 4 nitrogen and oxygen atoms in total. The van der Waals surface area contributed by atoms with Gasteiger partial charge in [0, 0.05) is 25.4 Å². The van der Waals surface area contributed by atoms with Crippen molar-refractivity contribution in [1.29, 1.82) is 0 Å². The van der Waals surface area contributed by atoms with Gasteiger partial charge >= 0.3 is 0 Å². The molecule has 1 aliphatic heterocycles. The van der Waals surface area contributed by atoms with Crippen LogP contribution in [0.4, 0.5) is 0 Å². The smallest absolute Gasteiger partial charge is 0.223 e. The largest absolute Gasteiger partial charge is 0.391 e. The summed E-state index contributed by atoms with van der Waals surface area (Å²) >= 11 is 0. The number of H-pyrrole nitrogens is 1. The summed E-state index contributed by atoms with van der Waals surface area (Å²) in [5.41, 5.74) is 0.728. The minimum absolute atomic E-state index is 0.132. The quantitative estimate of drug-likeness (QED) is 0.831. The Labute approximate surface area is 102 Å². The number of aliphatic hydroxyl groups excluding tert-OH is 1. The zero-order valence-corrected chi connectivity index (χ0v) is 10.4. The van der Waals surface area contributed by atoms with E-state index in [2.05, 4.69) is 4.98 Å². The van der Waals surface area contributed by atoms with Gasteiger partial charge in [-0.15, -0.1) is 0 Å². The highest BCUT2D eigenvalue weighted by molar-refractivity contribution is 5.77. The van der Waals surface area contributed by atoms with Crippen molar-refractivity contribution in [3.05, 3.63) is 24.0 Å². The third-order valence-corrected chi connectivity index (χ3v) is 3.73. The highest BCUT2D eigenvalue weighted by atomic mass is 16.3. The fourth-order valence-electron chi connectivity index (χ4n) is 2.42. The minimum Gasteiger partial charge on any atom is -0.391 e. The van der Waals surface area contributed by atoms with Crippen molar-refractivity contribution in [3.63, 3.8) is 0 Å². The average molecular weight is 236 g/mol. The van der Waals surface area contributed by atoms with Gasteiger partial charge in [-0.05, 0) is 38.3 Å². The lowest BCUT2D eigenvalue weighted by atomic mass is 9.98. The fourth-order valence-corrected chi connectivity index (χ4v) is 2.42. The molecule has 4 heteroatoms. The first-order chi connectivity index (χ1) is 8.01. The lowest BCUT2D eigenvalue weighted by Gasteiger charge is -2.33. The molecule has 1 amide bonds. The molecule has 2 rings (SSSR count). The standard InChI is InChI=1S/C13H20N2O2/c1-13(2)11(16)6-8-15(13)12(17)4-3-10-5-7-14-9-10/h5,7,9,11,14,16H,3-4,6,8H2,1-2H3. The van der Waals surface area contributed by atoms with Gasteiger partial charge in [0.25, 0.3) is 0 Å². The summed E-state index contributed by atoms with van der Waals surface area (Å²) in [4.78, 5) is 16.9. The summed E-state index contributed by atoms with van der Waals surface area (Å²) in [6.45, 7) is 4.53. The van der Waals surface area contributed by atoms with Crippen LogP contribution in [0, 0.1) is 0 Å². The highest BCUT2D eigenvalue weighted by Crippen LogP contribution is 2.29. The Balaban J connectivity index is 1.92. The number of hydrogen-bond donors (Lipinski definition) is 2. The number of nitrogens with zero attached hydrogens (tertiary/aromatic N) is 1. The molecule has 17 heavy (non-hydrogen) atoms. The van der Waals surface area contributed by atoms with Gasteiger partial charge in [-0.2, -0.15) is 0 Å². The molecule has 1 aromatic heterocycles. The maximum atomic E-state index is 12.1. The number of aromatic nitrogens is 1. The molecule has 2 heterocycles. The lowest BCUT2D eigenvalue weighted by molar-refractivity contribution is -0.136. The van der Waals surface area contributed by atoms with E-state index >= 15 is 0 Å². The third kappa shape index (κ3) is 2.36. The summed E-state index contributed by atoms with van der Waals surface area (Å²) in [7, 11) is 0. The Morgan fingerprint density at radius 1 is 1.65 bits per heavy atom. The van der Waals surface area contributed by atoms with Crippen LogP contribution in [0.15, 0.2) is 18.5 Å². The molecule has 0 saturated carbocycles. The second kappa shape index (κ2) is 4.53. The molecule has 1 aliphatic rings. The average Bonchev–Trinajstić information content (AvgIpc) is 2.86. The van der Waals surface area contributed by atoms with Crippen molar-refractivity contribution >= 4 is 5.91 Å². The van der Waals surface area contributed by atoms with Gasteiger partial charge in [0.05, 0.1) is 11.6 Å². The van der Waals surface area contributed by atoms with Gasteiger partial charge in [0.2, 0.25) is 5.91 Å². The van der Waals surface area contributed by atoms with Crippen molar-refractivity contribution in [2.24, 2.45) is 0 Å². The van der Waals surface area contributed by atoms with Crippen molar-refractivity contribution in [1.82, 2.24) is 9.88 Å². The molecule has 0 bridgehead atoms. The van der Waals surface area contributed by atoms with Gasteiger partial charge in [-0.1, -0.05) is 0 Å². The maximum Gasteiger partial charge on any atom is 0.223 e. The Hall–Kier alpha value is -1.29. The van der Waals surface area contributed by atoms with E-state index in [4.69, 9.17) is 0 Å². The zero-order valence-electron chi connectivity index (χ0n) is 10.4. The predicted octanol–water partition coefficient (Wildman–Crippen LogP) is 1.32. The van der Waals surface area contributed by atoms with Crippen molar-refractivity contribution in [3.8, 4) is 0 Å². The number of carbonyl (C=O) groups is 1. The molecule has 1 aromatic rings. The first-order valence-corrected chi connectivity index (χ1v) is 6.12. The Bertz CT molecular complexity index is 384. The Morgan fingerprint density at radius 2 is 2.41 bits per heavy atom. The summed E-state index contributed by atoms with van der Waals surface area (Å²) in [5.74, 6) is 0.132. The molecule has 0 spiro atoms. The van der Waals surface area contributed by atoms with Gasteiger partial charge in [0.15, 0.2) is 0 Å². The summed E-state index contributed by atoms with van der Waals surface area (Å²) in [6.07, 6.45) is 5.32. The minimum atomic E-state index is -0.421. The molecule has 0 aliphatic carbocycles. The molecular formula is C13H20N2O2. The molecule has 1 fully saturated rings. The van der Waals surface area contributed by atoms with Crippen LogP contribution in [0.1, 0.15) is 32.3 Å². The van der Waals surface area contributed by atoms with Gasteiger partial charge in [-0.25, -0.2) is 0 Å². The summed E-state index contributed by atoms with van der Waals surface area (Å²) in [6, 6.07) is 1.98. The van der Waals surface area contributed by atoms with Crippen molar-refractivity contribution in [2.45, 2.75) is 44.8 Å². The number of carbonyl (C=O) groups excluding carboxylic acids is 1. The molecule has 2 N–H and O–H groups in total. The maximum absolute atomic E-state index is 12.1. The second-order valence-electron chi connectivity index (χ2n) is 5.22. The normalized spacial score (nSPS) is 23.0. The van der Waals surface area contributed by atoms with E-state index in [9.17, 15) is 9.90 Å². The first-order valence-electron chi connectivity index (χ1n) is 6.12. The lowest BCUT2D eigenvalue weighted by Crippen LogP contribution is -2.48. The van der Waals surface area contributed by atoms with Crippen LogP contribution in [0.3, 0.4) is 0 Å². The number of hydrogen-bond acceptors (Lipinski definition) is 2. The van der Waals surface area contributed by atoms with Gasteiger partial charge < -0.3 is 15.0 Å². The van der Waals surface area contributed by atoms with E-state index in [0.717, 1.165) is 12.0 Å². The van der Waals surface area contributed by atoms with Crippen LogP contribution in [0.5, 0.6) is 0 Å². The third-order valence-electron chi connectivity index (χ3n) is 3.73. The van der Waals surface area contributed by atoms with Crippen molar-refractivity contribution < 1.29 is 9.90 Å². The number of nitrogens with one attached hydrogen (secondary N) is 1. The van der Waals surface area contributed by atoms with Gasteiger partial charge in [0.1, 0.15) is 0 Å².